The number of rotatable bonds is 3. The molecule has 1 N–H and O–H groups in total. The summed E-state index contributed by atoms with van der Waals surface area (Å²) in [5, 5.41) is 9.32. The van der Waals surface area contributed by atoms with Crippen LogP contribution >= 0.6 is 11.3 Å². The maximum Gasteiger partial charge on any atom is 0.271 e. The lowest BCUT2D eigenvalue weighted by molar-refractivity contribution is -0.921. The molecule has 0 radical (unpaired) electrons. The first-order valence-corrected chi connectivity index (χ1v) is 8.57. The largest absolute Gasteiger partial charge is 0.420 e. The zero-order chi connectivity index (χ0) is 14.9. The molecule has 22 heavy (non-hydrogen) atoms. The minimum atomic E-state index is 0.546. The van der Waals surface area contributed by atoms with Gasteiger partial charge in [-0.15, -0.1) is 21.5 Å². The molecule has 114 valence electrons. The molecule has 0 spiro atoms. The van der Waals surface area contributed by atoms with Crippen molar-refractivity contribution in [2.45, 2.75) is 32.2 Å². The Morgan fingerprint density at radius 2 is 2.23 bits per heavy atom. The molecule has 4 rings (SSSR count). The molecule has 1 fully saturated rings. The summed E-state index contributed by atoms with van der Waals surface area (Å²) in [6.07, 6.45) is 2.45. The number of fused-ring (bicyclic) bond motifs is 1. The monoisotopic (exact) mass is 315 g/mol. The zero-order valence-electron chi connectivity index (χ0n) is 12.6. The highest BCUT2D eigenvalue weighted by molar-refractivity contribution is 7.18. The van der Waals surface area contributed by atoms with Crippen molar-refractivity contribution >= 4 is 21.6 Å². The van der Waals surface area contributed by atoms with Gasteiger partial charge in [0, 0.05) is 6.92 Å². The second-order valence-electron chi connectivity index (χ2n) is 5.95. The van der Waals surface area contributed by atoms with Gasteiger partial charge in [0.2, 0.25) is 5.89 Å². The van der Waals surface area contributed by atoms with Gasteiger partial charge in [-0.25, -0.2) is 4.98 Å². The molecular formula is C16H19N4OS+. The summed E-state index contributed by atoms with van der Waals surface area (Å²) in [4.78, 5) is 6.35. The third-order valence-electron chi connectivity index (χ3n) is 4.25. The number of benzene rings is 1. The van der Waals surface area contributed by atoms with Gasteiger partial charge in [0.1, 0.15) is 5.01 Å². The average Bonchev–Trinajstić information content (AvgIpc) is 3.13. The van der Waals surface area contributed by atoms with Gasteiger partial charge < -0.3 is 9.32 Å². The Labute approximate surface area is 133 Å². The van der Waals surface area contributed by atoms with Crippen molar-refractivity contribution < 1.29 is 9.32 Å². The number of hydrogen-bond acceptors (Lipinski definition) is 5. The molecule has 0 saturated carbocycles. The predicted octanol–water partition coefficient (Wildman–Crippen LogP) is 1.95. The lowest BCUT2D eigenvalue weighted by atomic mass is 9.99. The van der Waals surface area contributed by atoms with Gasteiger partial charge in [-0.05, 0) is 25.0 Å². The molecule has 0 aliphatic carbocycles. The number of thiazole rings is 1. The number of nitrogens with zero attached hydrogens (tertiary/aromatic N) is 3. The minimum absolute atomic E-state index is 0.546. The molecule has 3 aromatic rings. The number of quaternary nitrogens is 1. The van der Waals surface area contributed by atoms with Crippen LogP contribution in [-0.2, 0) is 6.54 Å². The molecule has 1 aliphatic heterocycles. The van der Waals surface area contributed by atoms with Crippen LogP contribution < -0.4 is 4.90 Å². The van der Waals surface area contributed by atoms with E-state index in [1.54, 1.807) is 0 Å². The summed E-state index contributed by atoms with van der Waals surface area (Å²) in [7, 11) is 0. The van der Waals surface area contributed by atoms with Crippen molar-refractivity contribution in [1.29, 1.82) is 0 Å². The van der Waals surface area contributed by atoms with E-state index in [2.05, 4.69) is 34.5 Å². The van der Waals surface area contributed by atoms with Gasteiger partial charge in [-0.3, -0.25) is 0 Å². The fourth-order valence-corrected chi connectivity index (χ4v) is 4.31. The number of piperidine rings is 1. The number of nitrogens with one attached hydrogen (secondary N) is 1. The molecule has 1 aliphatic rings. The summed E-state index contributed by atoms with van der Waals surface area (Å²) in [6, 6.07) is 8.40. The molecule has 1 saturated heterocycles. The highest BCUT2D eigenvalue weighted by Gasteiger charge is 2.28. The Morgan fingerprint density at radius 1 is 1.32 bits per heavy atom. The normalized spacial score (nSPS) is 22.2. The lowest BCUT2D eigenvalue weighted by Crippen LogP contribution is -3.12. The van der Waals surface area contributed by atoms with Crippen LogP contribution in [0.25, 0.3) is 10.2 Å². The van der Waals surface area contributed by atoms with Crippen LogP contribution in [0.2, 0.25) is 0 Å². The maximum absolute atomic E-state index is 5.52. The average molecular weight is 315 g/mol. The van der Waals surface area contributed by atoms with E-state index in [4.69, 9.17) is 9.40 Å². The van der Waals surface area contributed by atoms with Gasteiger partial charge in [-0.2, -0.15) is 0 Å². The molecule has 1 unspecified atom stereocenters. The lowest BCUT2D eigenvalue weighted by Gasteiger charge is -2.27. The van der Waals surface area contributed by atoms with Crippen LogP contribution in [0.5, 0.6) is 0 Å². The molecule has 2 aromatic heterocycles. The maximum atomic E-state index is 5.52. The van der Waals surface area contributed by atoms with E-state index in [1.165, 1.54) is 34.0 Å². The molecule has 5 nitrogen and oxygen atoms in total. The fraction of sp³-hybridized carbons (Fsp3) is 0.438. The Kier molecular flexibility index (Phi) is 3.63. The number of aryl methyl sites for hydroxylation is 1. The summed E-state index contributed by atoms with van der Waals surface area (Å²) >= 11 is 1.84. The predicted molar refractivity (Wildman–Crippen MR) is 85.0 cm³/mol. The third kappa shape index (κ3) is 2.76. The van der Waals surface area contributed by atoms with Crippen molar-refractivity contribution in [2.24, 2.45) is 0 Å². The van der Waals surface area contributed by atoms with E-state index in [-0.39, 0.29) is 0 Å². The second kappa shape index (κ2) is 5.78. The van der Waals surface area contributed by atoms with E-state index in [1.807, 2.05) is 18.3 Å². The van der Waals surface area contributed by atoms with Gasteiger partial charge in [-0.1, -0.05) is 12.1 Å². The summed E-state index contributed by atoms with van der Waals surface area (Å²) in [5.74, 6) is 1.94. The first kappa shape index (κ1) is 13.8. The molecular weight excluding hydrogens is 296 g/mol. The van der Waals surface area contributed by atoms with Crippen molar-refractivity contribution in [3.8, 4) is 0 Å². The summed E-state index contributed by atoms with van der Waals surface area (Å²) < 4.78 is 6.81. The van der Waals surface area contributed by atoms with Crippen molar-refractivity contribution in [3.63, 3.8) is 0 Å². The van der Waals surface area contributed by atoms with Gasteiger partial charge in [0.05, 0.1) is 29.2 Å². The molecule has 6 heteroatoms. The smallest absolute Gasteiger partial charge is 0.271 e. The summed E-state index contributed by atoms with van der Waals surface area (Å²) in [6.45, 7) is 4.93. The SMILES string of the molecule is Cc1nnc(C[NH+]2CCC[C@H](c3nc4ccccc4s3)C2)o1. The number of hydrogen-bond donors (Lipinski definition) is 1. The molecule has 0 bridgehead atoms. The number of aromatic nitrogens is 3. The Morgan fingerprint density at radius 3 is 3.05 bits per heavy atom. The molecule has 3 heterocycles. The van der Waals surface area contributed by atoms with Crippen LogP contribution in [0, 0.1) is 6.92 Å². The van der Waals surface area contributed by atoms with Crippen molar-refractivity contribution in [2.75, 3.05) is 13.1 Å². The van der Waals surface area contributed by atoms with Crippen molar-refractivity contribution in [1.82, 2.24) is 15.2 Å². The van der Waals surface area contributed by atoms with E-state index >= 15 is 0 Å². The van der Waals surface area contributed by atoms with E-state index in [0.717, 1.165) is 24.5 Å². The van der Waals surface area contributed by atoms with Gasteiger partial charge >= 0.3 is 0 Å². The number of likely N-dealkylation sites (tertiary alicyclic amines) is 1. The topological polar surface area (TPSA) is 56.2 Å². The van der Waals surface area contributed by atoms with Crippen molar-refractivity contribution in [3.05, 3.63) is 41.1 Å². The van der Waals surface area contributed by atoms with Gasteiger partial charge in [0.15, 0.2) is 6.54 Å². The van der Waals surface area contributed by atoms with Crippen LogP contribution in [0.1, 0.15) is 35.5 Å². The Bertz CT molecular complexity index is 748. The Balaban J connectivity index is 1.50. The third-order valence-corrected chi connectivity index (χ3v) is 5.45. The quantitative estimate of drug-likeness (QED) is 0.802. The minimum Gasteiger partial charge on any atom is -0.420 e. The zero-order valence-corrected chi connectivity index (χ0v) is 13.4. The van der Waals surface area contributed by atoms with Crippen LogP contribution in [-0.4, -0.2) is 28.3 Å². The highest BCUT2D eigenvalue weighted by atomic mass is 32.1. The fourth-order valence-electron chi connectivity index (χ4n) is 3.21. The van der Waals surface area contributed by atoms with Crippen LogP contribution in [0.15, 0.2) is 28.7 Å². The Hall–Kier alpha value is -1.79. The first-order chi connectivity index (χ1) is 10.8. The molecule has 2 atom stereocenters. The number of para-hydroxylation sites is 1. The highest BCUT2D eigenvalue weighted by Crippen LogP contribution is 2.30. The van der Waals surface area contributed by atoms with E-state index in [0.29, 0.717) is 11.8 Å². The molecule has 0 amide bonds. The second-order valence-corrected chi connectivity index (χ2v) is 7.02. The van der Waals surface area contributed by atoms with Gasteiger partial charge in [0.25, 0.3) is 5.89 Å². The van der Waals surface area contributed by atoms with E-state index in [9.17, 15) is 0 Å². The standard InChI is InChI=1S/C16H18N4OS/c1-11-18-19-15(21-11)10-20-8-4-5-12(9-20)16-17-13-6-2-3-7-14(13)22-16/h2-3,6-7,12H,4-5,8-10H2,1H3/p+1/t12-/m0/s1. The van der Waals surface area contributed by atoms with Crippen LogP contribution in [0.4, 0.5) is 0 Å². The van der Waals surface area contributed by atoms with E-state index < -0.39 is 0 Å². The summed E-state index contributed by atoms with van der Waals surface area (Å²) in [5.41, 5.74) is 1.13. The molecule has 1 aromatic carbocycles. The van der Waals surface area contributed by atoms with Crippen LogP contribution in [0.3, 0.4) is 0 Å². The first-order valence-electron chi connectivity index (χ1n) is 7.76.